The lowest BCUT2D eigenvalue weighted by Crippen LogP contribution is -1.96. The van der Waals surface area contributed by atoms with Crippen molar-refractivity contribution >= 4 is 17.1 Å². The second-order valence-electron chi connectivity index (χ2n) is 4.00. The molecule has 0 amide bonds. The van der Waals surface area contributed by atoms with E-state index in [4.69, 9.17) is 10.5 Å². The third-order valence-electron chi connectivity index (χ3n) is 2.38. The van der Waals surface area contributed by atoms with E-state index < -0.39 is 0 Å². The molecular formula is C14H17N3O. The number of hydrogen-bond donors (Lipinski definition) is 2. The average Bonchev–Trinajstić information content (AvgIpc) is 2.38. The Kier molecular flexibility index (Phi) is 4.02. The highest BCUT2D eigenvalue weighted by Crippen LogP contribution is 2.20. The van der Waals surface area contributed by atoms with Gasteiger partial charge in [0.15, 0.2) is 0 Å². The van der Waals surface area contributed by atoms with Crippen LogP contribution in [0.25, 0.3) is 0 Å². The van der Waals surface area contributed by atoms with Crippen LogP contribution in [0.3, 0.4) is 0 Å². The predicted octanol–water partition coefficient (Wildman–Crippen LogP) is 3.20. The Bertz CT molecular complexity index is 497. The van der Waals surface area contributed by atoms with E-state index in [0.717, 1.165) is 30.2 Å². The largest absolute Gasteiger partial charge is 0.494 e. The summed E-state index contributed by atoms with van der Waals surface area (Å²) in [5, 5.41) is 3.23. The Balaban J connectivity index is 2.02. The van der Waals surface area contributed by atoms with Crippen molar-refractivity contribution in [2.24, 2.45) is 0 Å². The molecule has 0 fully saturated rings. The van der Waals surface area contributed by atoms with Crippen LogP contribution in [0.2, 0.25) is 0 Å². The van der Waals surface area contributed by atoms with Crippen molar-refractivity contribution in [1.82, 2.24) is 4.98 Å². The fraction of sp³-hybridized carbons (Fsp3) is 0.214. The summed E-state index contributed by atoms with van der Waals surface area (Å²) < 4.78 is 5.52. The molecule has 0 saturated carbocycles. The van der Waals surface area contributed by atoms with Gasteiger partial charge in [0.25, 0.3) is 0 Å². The highest BCUT2D eigenvalue weighted by molar-refractivity contribution is 5.62. The fourth-order valence-corrected chi connectivity index (χ4v) is 1.55. The Labute approximate surface area is 107 Å². The van der Waals surface area contributed by atoms with Gasteiger partial charge in [0.2, 0.25) is 0 Å². The highest BCUT2D eigenvalue weighted by atomic mass is 16.5. The van der Waals surface area contributed by atoms with Gasteiger partial charge >= 0.3 is 0 Å². The molecule has 2 rings (SSSR count). The molecule has 2 aromatic rings. The minimum Gasteiger partial charge on any atom is -0.494 e. The van der Waals surface area contributed by atoms with Crippen LogP contribution in [0.4, 0.5) is 17.1 Å². The molecule has 94 valence electrons. The lowest BCUT2D eigenvalue weighted by atomic mass is 10.3. The van der Waals surface area contributed by atoms with Crippen LogP contribution in [-0.4, -0.2) is 11.6 Å². The Morgan fingerprint density at radius 2 is 1.94 bits per heavy atom. The number of nitrogens with two attached hydrogens (primary N) is 1. The zero-order valence-corrected chi connectivity index (χ0v) is 10.4. The third-order valence-corrected chi connectivity index (χ3v) is 2.38. The first-order chi connectivity index (χ1) is 8.78. The van der Waals surface area contributed by atoms with Crippen LogP contribution >= 0.6 is 0 Å². The number of anilines is 3. The van der Waals surface area contributed by atoms with Gasteiger partial charge in [-0.05, 0) is 36.8 Å². The maximum atomic E-state index is 5.67. The van der Waals surface area contributed by atoms with Crippen molar-refractivity contribution < 1.29 is 4.74 Å². The summed E-state index contributed by atoms with van der Waals surface area (Å²) >= 11 is 0. The molecular weight excluding hydrogens is 226 g/mol. The SMILES string of the molecule is CCCOc1ccc(Nc2cncc(N)c2)cc1. The normalized spacial score (nSPS) is 10.1. The van der Waals surface area contributed by atoms with E-state index in [1.807, 2.05) is 30.3 Å². The molecule has 18 heavy (non-hydrogen) atoms. The van der Waals surface area contributed by atoms with Gasteiger partial charge in [0.1, 0.15) is 5.75 Å². The summed E-state index contributed by atoms with van der Waals surface area (Å²) in [6, 6.07) is 9.66. The number of aromatic nitrogens is 1. The summed E-state index contributed by atoms with van der Waals surface area (Å²) in [5.74, 6) is 0.883. The molecule has 3 N–H and O–H groups in total. The predicted molar refractivity (Wildman–Crippen MR) is 74.2 cm³/mol. The van der Waals surface area contributed by atoms with Crippen LogP contribution < -0.4 is 15.8 Å². The smallest absolute Gasteiger partial charge is 0.119 e. The number of benzene rings is 1. The average molecular weight is 243 g/mol. The maximum absolute atomic E-state index is 5.67. The summed E-state index contributed by atoms with van der Waals surface area (Å²) in [7, 11) is 0. The molecule has 1 aromatic heterocycles. The quantitative estimate of drug-likeness (QED) is 0.846. The van der Waals surface area contributed by atoms with E-state index in [1.165, 1.54) is 0 Å². The van der Waals surface area contributed by atoms with Crippen molar-refractivity contribution in [3.63, 3.8) is 0 Å². The van der Waals surface area contributed by atoms with E-state index in [2.05, 4.69) is 17.2 Å². The van der Waals surface area contributed by atoms with Crippen LogP contribution in [0.1, 0.15) is 13.3 Å². The van der Waals surface area contributed by atoms with Gasteiger partial charge < -0.3 is 15.8 Å². The summed E-state index contributed by atoms with van der Waals surface area (Å²) in [5.41, 5.74) is 8.16. The topological polar surface area (TPSA) is 60.2 Å². The van der Waals surface area contributed by atoms with Crippen LogP contribution in [0.15, 0.2) is 42.7 Å². The van der Waals surface area contributed by atoms with Crippen LogP contribution in [0.5, 0.6) is 5.75 Å². The van der Waals surface area contributed by atoms with E-state index in [1.54, 1.807) is 12.4 Å². The molecule has 0 aliphatic heterocycles. The van der Waals surface area contributed by atoms with Gasteiger partial charge in [-0.1, -0.05) is 6.92 Å². The second kappa shape index (κ2) is 5.91. The molecule has 0 unspecified atom stereocenters. The first kappa shape index (κ1) is 12.2. The first-order valence-electron chi connectivity index (χ1n) is 5.98. The van der Waals surface area contributed by atoms with Gasteiger partial charge in [-0.25, -0.2) is 0 Å². The Hall–Kier alpha value is -2.23. The summed E-state index contributed by atoms with van der Waals surface area (Å²) in [6.07, 6.45) is 4.36. The zero-order valence-electron chi connectivity index (χ0n) is 10.4. The van der Waals surface area contributed by atoms with Gasteiger partial charge in [0.05, 0.1) is 24.2 Å². The standard InChI is InChI=1S/C14H17N3O/c1-2-7-18-14-5-3-12(4-6-14)17-13-8-11(15)9-16-10-13/h3-6,8-10,17H,2,7,15H2,1H3. The second-order valence-corrected chi connectivity index (χ2v) is 4.00. The minimum atomic E-state index is 0.642. The fourth-order valence-electron chi connectivity index (χ4n) is 1.55. The molecule has 1 heterocycles. The van der Waals surface area contributed by atoms with Gasteiger partial charge in [-0.15, -0.1) is 0 Å². The van der Waals surface area contributed by atoms with Gasteiger partial charge in [0, 0.05) is 11.9 Å². The number of nitrogen functional groups attached to an aromatic ring is 1. The number of pyridine rings is 1. The van der Waals surface area contributed by atoms with E-state index >= 15 is 0 Å². The monoisotopic (exact) mass is 243 g/mol. The van der Waals surface area contributed by atoms with Crippen molar-refractivity contribution in [2.75, 3.05) is 17.7 Å². The van der Waals surface area contributed by atoms with E-state index in [9.17, 15) is 0 Å². The third kappa shape index (κ3) is 3.38. The number of rotatable bonds is 5. The molecule has 0 bridgehead atoms. The first-order valence-corrected chi connectivity index (χ1v) is 5.98. The van der Waals surface area contributed by atoms with Crippen molar-refractivity contribution in [2.45, 2.75) is 13.3 Å². The molecule has 4 nitrogen and oxygen atoms in total. The minimum absolute atomic E-state index is 0.642. The van der Waals surface area contributed by atoms with Crippen LogP contribution in [-0.2, 0) is 0 Å². The molecule has 0 aliphatic rings. The van der Waals surface area contributed by atoms with Gasteiger partial charge in [-0.2, -0.15) is 0 Å². The summed E-state index contributed by atoms with van der Waals surface area (Å²) in [4.78, 5) is 4.03. The van der Waals surface area contributed by atoms with Crippen molar-refractivity contribution in [3.8, 4) is 5.75 Å². The van der Waals surface area contributed by atoms with Gasteiger partial charge in [-0.3, -0.25) is 4.98 Å². The number of nitrogens with zero attached hydrogens (tertiary/aromatic N) is 1. The molecule has 1 aromatic carbocycles. The molecule has 0 radical (unpaired) electrons. The molecule has 4 heteroatoms. The lowest BCUT2D eigenvalue weighted by Gasteiger charge is -2.08. The highest BCUT2D eigenvalue weighted by Gasteiger charge is 1.97. The Morgan fingerprint density at radius 3 is 2.61 bits per heavy atom. The zero-order chi connectivity index (χ0) is 12.8. The van der Waals surface area contributed by atoms with Crippen molar-refractivity contribution in [1.29, 1.82) is 0 Å². The molecule has 0 aliphatic carbocycles. The summed E-state index contributed by atoms with van der Waals surface area (Å²) in [6.45, 7) is 2.83. The number of hydrogen-bond acceptors (Lipinski definition) is 4. The molecule has 0 spiro atoms. The molecule has 0 atom stereocenters. The maximum Gasteiger partial charge on any atom is 0.119 e. The number of ether oxygens (including phenoxy) is 1. The number of nitrogens with one attached hydrogen (secondary N) is 1. The molecule has 0 saturated heterocycles. The Morgan fingerprint density at radius 1 is 1.17 bits per heavy atom. The lowest BCUT2D eigenvalue weighted by molar-refractivity contribution is 0.317. The van der Waals surface area contributed by atoms with E-state index in [0.29, 0.717) is 5.69 Å². The van der Waals surface area contributed by atoms with Crippen molar-refractivity contribution in [3.05, 3.63) is 42.7 Å². The van der Waals surface area contributed by atoms with Crippen LogP contribution in [0, 0.1) is 0 Å². The van der Waals surface area contributed by atoms with E-state index in [-0.39, 0.29) is 0 Å².